The van der Waals surface area contributed by atoms with Gasteiger partial charge in [0.2, 0.25) is 0 Å². The standard InChI is InChI=1S/C20H23ClFNO4/c1-11(17(24)23-16-3-2-14(21)5-15(16)22)27-18(25)19-6-12-4-13(7-19)9-20(26,8-12)10-19/h2-3,5,11-13,26H,4,6-10H2,1H3,(H,23,24)/t11-,12-,13+,19?,20?/m1/s1. The SMILES string of the molecule is C[C@@H](OC(=O)C12C[C@@H]3C[C@@H](CC(O)(C3)C1)C2)C(=O)Nc1ccc(Cl)cc1F. The molecule has 146 valence electrons. The van der Waals surface area contributed by atoms with Gasteiger partial charge in [-0.2, -0.15) is 0 Å². The zero-order valence-electron chi connectivity index (χ0n) is 15.1. The Labute approximate surface area is 162 Å². The summed E-state index contributed by atoms with van der Waals surface area (Å²) in [5.74, 6) is -0.993. The molecule has 4 aliphatic carbocycles. The number of amides is 1. The summed E-state index contributed by atoms with van der Waals surface area (Å²) < 4.78 is 19.3. The van der Waals surface area contributed by atoms with Gasteiger partial charge < -0.3 is 15.2 Å². The zero-order chi connectivity index (χ0) is 19.4. The van der Waals surface area contributed by atoms with Gasteiger partial charge in [0.15, 0.2) is 6.10 Å². The number of halogens is 2. The summed E-state index contributed by atoms with van der Waals surface area (Å²) in [5, 5.41) is 13.4. The maximum atomic E-state index is 13.8. The van der Waals surface area contributed by atoms with Crippen molar-refractivity contribution in [2.45, 2.75) is 57.2 Å². The quantitative estimate of drug-likeness (QED) is 0.762. The molecule has 4 aliphatic rings. The summed E-state index contributed by atoms with van der Waals surface area (Å²) in [6.07, 6.45) is 3.34. The van der Waals surface area contributed by atoms with E-state index in [1.54, 1.807) is 0 Å². The second-order valence-corrected chi connectivity index (χ2v) is 9.06. The van der Waals surface area contributed by atoms with Gasteiger partial charge in [0.05, 0.1) is 16.7 Å². The molecule has 4 fully saturated rings. The highest BCUT2D eigenvalue weighted by atomic mass is 35.5. The number of rotatable bonds is 4. The number of esters is 1. The third-order valence-electron chi connectivity index (χ3n) is 6.31. The maximum Gasteiger partial charge on any atom is 0.312 e. The predicted octanol–water partition coefficient (Wildman–Crippen LogP) is 3.68. The van der Waals surface area contributed by atoms with Crippen molar-refractivity contribution >= 4 is 29.2 Å². The van der Waals surface area contributed by atoms with Crippen LogP contribution in [0.25, 0.3) is 0 Å². The Bertz CT molecular complexity index is 784. The molecule has 5 atom stereocenters. The molecule has 5 nitrogen and oxygen atoms in total. The number of nitrogens with one attached hydrogen (secondary N) is 1. The first-order valence-electron chi connectivity index (χ1n) is 9.37. The van der Waals surface area contributed by atoms with Gasteiger partial charge in [-0.05, 0) is 75.5 Å². The average molecular weight is 396 g/mol. The lowest BCUT2D eigenvalue weighted by Gasteiger charge is -2.58. The Hall–Kier alpha value is -1.66. The molecule has 4 bridgehead atoms. The van der Waals surface area contributed by atoms with Crippen LogP contribution in [0.1, 0.15) is 45.4 Å². The molecule has 27 heavy (non-hydrogen) atoms. The molecule has 2 unspecified atom stereocenters. The topological polar surface area (TPSA) is 75.6 Å². The summed E-state index contributed by atoms with van der Waals surface area (Å²) in [5.41, 5.74) is -1.49. The number of ether oxygens (including phenoxy) is 1. The molecule has 5 rings (SSSR count). The number of carbonyl (C=O) groups excluding carboxylic acids is 2. The molecule has 1 aromatic rings. The maximum absolute atomic E-state index is 13.8. The molecule has 0 saturated heterocycles. The molecule has 4 saturated carbocycles. The Morgan fingerprint density at radius 2 is 1.96 bits per heavy atom. The van der Waals surface area contributed by atoms with Crippen LogP contribution in [-0.2, 0) is 14.3 Å². The van der Waals surface area contributed by atoms with Gasteiger partial charge >= 0.3 is 5.97 Å². The largest absolute Gasteiger partial charge is 0.452 e. The molecular weight excluding hydrogens is 373 g/mol. The van der Waals surface area contributed by atoms with Crippen molar-refractivity contribution in [1.29, 1.82) is 0 Å². The summed E-state index contributed by atoms with van der Waals surface area (Å²) in [6, 6.07) is 3.93. The van der Waals surface area contributed by atoms with Crippen molar-refractivity contribution in [3.63, 3.8) is 0 Å². The van der Waals surface area contributed by atoms with Crippen molar-refractivity contribution in [1.82, 2.24) is 0 Å². The van der Waals surface area contributed by atoms with E-state index in [1.807, 2.05) is 0 Å². The van der Waals surface area contributed by atoms with Gasteiger partial charge in [-0.3, -0.25) is 9.59 Å². The van der Waals surface area contributed by atoms with E-state index in [4.69, 9.17) is 16.3 Å². The minimum atomic E-state index is -1.06. The smallest absolute Gasteiger partial charge is 0.312 e. The summed E-state index contributed by atoms with van der Waals surface area (Å²) in [6.45, 7) is 1.47. The second-order valence-electron chi connectivity index (χ2n) is 8.63. The highest BCUT2D eigenvalue weighted by Crippen LogP contribution is 2.62. The van der Waals surface area contributed by atoms with Crippen LogP contribution in [0.15, 0.2) is 18.2 Å². The zero-order valence-corrected chi connectivity index (χ0v) is 15.9. The number of benzene rings is 1. The fourth-order valence-electron chi connectivity index (χ4n) is 5.62. The van der Waals surface area contributed by atoms with Crippen LogP contribution in [0.4, 0.5) is 10.1 Å². The third-order valence-corrected chi connectivity index (χ3v) is 6.54. The molecule has 7 heteroatoms. The van der Waals surface area contributed by atoms with Crippen LogP contribution < -0.4 is 5.32 Å². The van der Waals surface area contributed by atoms with E-state index in [0.717, 1.165) is 25.3 Å². The molecule has 0 radical (unpaired) electrons. The normalized spacial score (nSPS) is 35.0. The van der Waals surface area contributed by atoms with Gasteiger partial charge in [0.1, 0.15) is 5.82 Å². The minimum absolute atomic E-state index is 0.0172. The van der Waals surface area contributed by atoms with Crippen molar-refractivity contribution < 1.29 is 23.8 Å². The van der Waals surface area contributed by atoms with E-state index < -0.39 is 34.8 Å². The van der Waals surface area contributed by atoms with Crippen molar-refractivity contribution in [3.8, 4) is 0 Å². The fraction of sp³-hybridized carbons (Fsp3) is 0.600. The molecule has 2 N–H and O–H groups in total. The van der Waals surface area contributed by atoms with Crippen molar-refractivity contribution in [2.24, 2.45) is 17.3 Å². The van der Waals surface area contributed by atoms with E-state index in [9.17, 15) is 19.1 Å². The number of hydrogen-bond acceptors (Lipinski definition) is 4. The Morgan fingerprint density at radius 1 is 1.30 bits per heavy atom. The highest BCUT2D eigenvalue weighted by molar-refractivity contribution is 6.30. The van der Waals surface area contributed by atoms with Crippen LogP contribution in [0.5, 0.6) is 0 Å². The lowest BCUT2D eigenvalue weighted by molar-refractivity contribution is -0.199. The third kappa shape index (κ3) is 3.45. The number of carbonyl (C=O) groups is 2. The van der Waals surface area contributed by atoms with Gasteiger partial charge in [0.25, 0.3) is 5.91 Å². The summed E-state index contributed by atoms with van der Waals surface area (Å²) in [7, 11) is 0. The van der Waals surface area contributed by atoms with Crippen LogP contribution in [0.3, 0.4) is 0 Å². The van der Waals surface area contributed by atoms with E-state index in [0.29, 0.717) is 31.1 Å². The van der Waals surface area contributed by atoms with Crippen molar-refractivity contribution in [3.05, 3.63) is 29.0 Å². The van der Waals surface area contributed by atoms with Crippen LogP contribution in [0.2, 0.25) is 5.02 Å². The lowest BCUT2D eigenvalue weighted by atomic mass is 9.48. The molecular formula is C20H23ClFNO4. The minimum Gasteiger partial charge on any atom is -0.452 e. The predicted molar refractivity (Wildman–Crippen MR) is 97.7 cm³/mol. The lowest BCUT2D eigenvalue weighted by Crippen LogP contribution is -2.59. The van der Waals surface area contributed by atoms with E-state index in [1.165, 1.54) is 19.1 Å². The molecule has 0 spiro atoms. The van der Waals surface area contributed by atoms with E-state index in [2.05, 4.69) is 5.32 Å². The first kappa shape index (κ1) is 18.7. The number of anilines is 1. The van der Waals surface area contributed by atoms with Gasteiger partial charge in [-0.1, -0.05) is 11.6 Å². The van der Waals surface area contributed by atoms with E-state index in [-0.39, 0.29) is 10.7 Å². The van der Waals surface area contributed by atoms with Crippen LogP contribution in [-0.4, -0.2) is 28.7 Å². The van der Waals surface area contributed by atoms with Crippen LogP contribution >= 0.6 is 11.6 Å². The molecule has 0 aromatic heterocycles. The Kier molecular flexibility index (Phi) is 4.47. The molecule has 0 heterocycles. The monoisotopic (exact) mass is 395 g/mol. The number of aliphatic hydroxyl groups is 1. The Morgan fingerprint density at radius 3 is 2.56 bits per heavy atom. The van der Waals surface area contributed by atoms with E-state index >= 15 is 0 Å². The molecule has 1 amide bonds. The van der Waals surface area contributed by atoms with Crippen molar-refractivity contribution in [2.75, 3.05) is 5.32 Å². The first-order valence-corrected chi connectivity index (χ1v) is 9.75. The average Bonchev–Trinajstić information content (AvgIpc) is 2.55. The fourth-order valence-corrected chi connectivity index (χ4v) is 5.78. The summed E-state index contributed by atoms with van der Waals surface area (Å²) >= 11 is 5.70. The highest BCUT2D eigenvalue weighted by Gasteiger charge is 2.61. The summed E-state index contributed by atoms with van der Waals surface area (Å²) in [4.78, 5) is 25.3. The molecule has 0 aliphatic heterocycles. The van der Waals surface area contributed by atoms with Gasteiger partial charge in [-0.25, -0.2) is 4.39 Å². The van der Waals surface area contributed by atoms with Gasteiger partial charge in [0, 0.05) is 5.02 Å². The molecule has 1 aromatic carbocycles. The second kappa shape index (κ2) is 6.45. The Balaban J connectivity index is 1.42. The van der Waals surface area contributed by atoms with Crippen LogP contribution in [0, 0.1) is 23.1 Å². The van der Waals surface area contributed by atoms with Gasteiger partial charge in [-0.15, -0.1) is 0 Å². The number of hydrogen-bond donors (Lipinski definition) is 2. The first-order chi connectivity index (χ1) is 12.7.